The molecular weight excluding hydrogens is 282 g/mol. The molecule has 0 unspecified atom stereocenters. The fourth-order valence-corrected chi connectivity index (χ4v) is 2.20. The molecule has 7 nitrogen and oxygen atoms in total. The molecule has 22 heavy (non-hydrogen) atoms. The molecule has 0 aliphatic rings. The van der Waals surface area contributed by atoms with E-state index in [4.69, 9.17) is 9.26 Å². The molecule has 0 amide bonds. The molecule has 3 rings (SSSR count). The van der Waals surface area contributed by atoms with Gasteiger partial charge in [0, 0.05) is 0 Å². The number of H-pyrrole nitrogens is 1. The van der Waals surface area contributed by atoms with Crippen molar-refractivity contribution in [2.75, 3.05) is 7.11 Å². The smallest absolute Gasteiger partial charge is 0.231 e. The van der Waals surface area contributed by atoms with Gasteiger partial charge in [0.15, 0.2) is 11.6 Å². The van der Waals surface area contributed by atoms with Gasteiger partial charge >= 0.3 is 0 Å². The first-order valence-electron chi connectivity index (χ1n) is 6.97. The zero-order valence-electron chi connectivity index (χ0n) is 12.8. The SMILES string of the molecule is COc1ccc(Cc2nc(Cc3n[nH]c(C)n3)no2)c(C)c1. The van der Waals surface area contributed by atoms with E-state index in [1.165, 1.54) is 0 Å². The second kappa shape index (κ2) is 5.97. The van der Waals surface area contributed by atoms with Gasteiger partial charge in [-0.2, -0.15) is 10.1 Å². The number of hydrogen-bond donors (Lipinski definition) is 1. The molecule has 2 heterocycles. The predicted octanol–water partition coefficient (Wildman–Crippen LogP) is 1.99. The van der Waals surface area contributed by atoms with Crippen molar-refractivity contribution >= 4 is 0 Å². The topological polar surface area (TPSA) is 89.7 Å². The van der Waals surface area contributed by atoms with Crippen LogP contribution in [0.5, 0.6) is 5.75 Å². The van der Waals surface area contributed by atoms with Crippen LogP contribution in [0.15, 0.2) is 22.7 Å². The van der Waals surface area contributed by atoms with Crippen molar-refractivity contribution in [1.29, 1.82) is 0 Å². The Hall–Kier alpha value is -2.70. The lowest BCUT2D eigenvalue weighted by molar-refractivity contribution is 0.379. The van der Waals surface area contributed by atoms with Crippen LogP contribution in [0.1, 0.15) is 34.5 Å². The zero-order valence-corrected chi connectivity index (χ0v) is 12.8. The number of aryl methyl sites for hydroxylation is 2. The first kappa shape index (κ1) is 14.2. The van der Waals surface area contributed by atoms with Crippen LogP contribution in [0.3, 0.4) is 0 Å². The van der Waals surface area contributed by atoms with Crippen LogP contribution in [0.2, 0.25) is 0 Å². The van der Waals surface area contributed by atoms with Gasteiger partial charge in [-0.15, -0.1) is 0 Å². The fourth-order valence-electron chi connectivity index (χ4n) is 2.20. The van der Waals surface area contributed by atoms with Crippen LogP contribution < -0.4 is 4.74 Å². The maximum atomic E-state index is 5.30. The van der Waals surface area contributed by atoms with Gasteiger partial charge in [-0.1, -0.05) is 11.2 Å². The number of aromatic amines is 1. The summed E-state index contributed by atoms with van der Waals surface area (Å²) in [6, 6.07) is 5.93. The minimum atomic E-state index is 0.454. The van der Waals surface area contributed by atoms with Crippen molar-refractivity contribution in [3.63, 3.8) is 0 Å². The van der Waals surface area contributed by atoms with E-state index in [-0.39, 0.29) is 0 Å². The van der Waals surface area contributed by atoms with E-state index in [0.29, 0.717) is 30.4 Å². The van der Waals surface area contributed by atoms with Gasteiger partial charge in [-0.3, -0.25) is 5.10 Å². The van der Waals surface area contributed by atoms with Gasteiger partial charge in [0.05, 0.1) is 20.0 Å². The first-order chi connectivity index (χ1) is 10.6. The summed E-state index contributed by atoms with van der Waals surface area (Å²) in [4.78, 5) is 8.62. The van der Waals surface area contributed by atoms with E-state index in [9.17, 15) is 0 Å². The van der Waals surface area contributed by atoms with Crippen molar-refractivity contribution in [3.05, 3.63) is 52.7 Å². The number of ether oxygens (including phenoxy) is 1. The number of nitrogens with zero attached hydrogens (tertiary/aromatic N) is 4. The molecule has 0 bridgehead atoms. The van der Waals surface area contributed by atoms with Crippen LogP contribution in [0.4, 0.5) is 0 Å². The molecule has 0 radical (unpaired) electrons. The molecule has 0 saturated heterocycles. The lowest BCUT2D eigenvalue weighted by Crippen LogP contribution is -1.96. The molecule has 0 spiro atoms. The maximum Gasteiger partial charge on any atom is 0.231 e. The summed E-state index contributed by atoms with van der Waals surface area (Å²) in [7, 11) is 1.66. The number of rotatable bonds is 5. The van der Waals surface area contributed by atoms with Crippen LogP contribution >= 0.6 is 0 Å². The monoisotopic (exact) mass is 299 g/mol. The standard InChI is InChI=1S/C15H17N5O2/c1-9-6-12(21-3)5-4-11(9)7-15-17-14(20-22-15)8-13-16-10(2)18-19-13/h4-6H,7-8H2,1-3H3,(H,16,18,19). The Morgan fingerprint density at radius 3 is 2.68 bits per heavy atom. The molecule has 0 fully saturated rings. The van der Waals surface area contributed by atoms with E-state index in [2.05, 4.69) is 25.3 Å². The molecule has 0 saturated carbocycles. The Balaban J connectivity index is 1.71. The van der Waals surface area contributed by atoms with Gasteiger partial charge in [-0.05, 0) is 37.1 Å². The average molecular weight is 299 g/mol. The summed E-state index contributed by atoms with van der Waals surface area (Å²) in [6.45, 7) is 3.89. The summed E-state index contributed by atoms with van der Waals surface area (Å²) in [6.07, 6.45) is 1.05. The minimum Gasteiger partial charge on any atom is -0.497 e. The van der Waals surface area contributed by atoms with E-state index < -0.39 is 0 Å². The van der Waals surface area contributed by atoms with Crippen molar-refractivity contribution < 1.29 is 9.26 Å². The molecular formula is C15H17N5O2. The number of methoxy groups -OCH3 is 1. The first-order valence-corrected chi connectivity index (χ1v) is 6.97. The van der Waals surface area contributed by atoms with Gasteiger partial charge in [0.25, 0.3) is 0 Å². The number of aromatic nitrogens is 5. The summed E-state index contributed by atoms with van der Waals surface area (Å²) >= 11 is 0. The molecule has 1 N–H and O–H groups in total. The van der Waals surface area contributed by atoms with Crippen LogP contribution in [-0.2, 0) is 12.8 Å². The molecule has 0 aliphatic heterocycles. The van der Waals surface area contributed by atoms with Gasteiger partial charge in [-0.25, -0.2) is 4.98 Å². The second-order valence-corrected chi connectivity index (χ2v) is 5.09. The van der Waals surface area contributed by atoms with Gasteiger partial charge in [0.2, 0.25) is 5.89 Å². The lowest BCUT2D eigenvalue weighted by Gasteiger charge is -2.05. The fraction of sp³-hybridized carbons (Fsp3) is 0.333. The van der Waals surface area contributed by atoms with Gasteiger partial charge in [0.1, 0.15) is 11.6 Å². The number of hydrogen-bond acceptors (Lipinski definition) is 6. The van der Waals surface area contributed by atoms with Crippen molar-refractivity contribution in [3.8, 4) is 5.75 Å². The van der Waals surface area contributed by atoms with Crippen LogP contribution in [0.25, 0.3) is 0 Å². The van der Waals surface area contributed by atoms with Crippen molar-refractivity contribution in [2.24, 2.45) is 0 Å². The summed E-state index contributed by atoms with van der Waals surface area (Å²) < 4.78 is 10.5. The molecule has 3 aromatic rings. The number of benzene rings is 1. The largest absolute Gasteiger partial charge is 0.497 e. The quantitative estimate of drug-likeness (QED) is 0.775. The molecule has 114 valence electrons. The molecule has 0 aliphatic carbocycles. The van der Waals surface area contributed by atoms with Crippen molar-refractivity contribution in [2.45, 2.75) is 26.7 Å². The Bertz CT molecular complexity index is 778. The molecule has 1 aromatic carbocycles. The predicted molar refractivity (Wildman–Crippen MR) is 78.8 cm³/mol. The lowest BCUT2D eigenvalue weighted by atomic mass is 10.1. The van der Waals surface area contributed by atoms with E-state index >= 15 is 0 Å². The van der Waals surface area contributed by atoms with E-state index in [1.807, 2.05) is 32.0 Å². The maximum absolute atomic E-state index is 5.30. The molecule has 0 atom stereocenters. The summed E-state index contributed by atoms with van der Waals surface area (Å²) in [5.41, 5.74) is 2.26. The highest BCUT2D eigenvalue weighted by Crippen LogP contribution is 2.19. The third-order valence-electron chi connectivity index (χ3n) is 3.36. The normalized spacial score (nSPS) is 10.9. The van der Waals surface area contributed by atoms with E-state index in [0.717, 1.165) is 22.7 Å². The highest BCUT2D eigenvalue weighted by atomic mass is 16.5. The third-order valence-corrected chi connectivity index (χ3v) is 3.36. The van der Waals surface area contributed by atoms with Crippen LogP contribution in [-0.4, -0.2) is 32.4 Å². The Morgan fingerprint density at radius 1 is 1.14 bits per heavy atom. The highest BCUT2D eigenvalue weighted by Gasteiger charge is 2.11. The average Bonchev–Trinajstić information content (AvgIpc) is 3.11. The highest BCUT2D eigenvalue weighted by molar-refractivity contribution is 5.36. The summed E-state index contributed by atoms with van der Waals surface area (Å²) in [5, 5.41) is 10.8. The number of nitrogens with one attached hydrogen (secondary N) is 1. The second-order valence-electron chi connectivity index (χ2n) is 5.09. The zero-order chi connectivity index (χ0) is 15.5. The Morgan fingerprint density at radius 2 is 2.00 bits per heavy atom. The van der Waals surface area contributed by atoms with Gasteiger partial charge < -0.3 is 9.26 Å². The minimum absolute atomic E-state index is 0.454. The Labute approximate surface area is 127 Å². The van der Waals surface area contributed by atoms with Crippen molar-refractivity contribution in [1.82, 2.24) is 25.3 Å². The van der Waals surface area contributed by atoms with E-state index in [1.54, 1.807) is 7.11 Å². The summed E-state index contributed by atoms with van der Waals surface area (Å²) in [5.74, 6) is 3.43. The van der Waals surface area contributed by atoms with Crippen LogP contribution in [0, 0.1) is 13.8 Å². The Kier molecular flexibility index (Phi) is 3.86. The third kappa shape index (κ3) is 3.13. The molecule has 2 aromatic heterocycles. The molecule has 7 heteroatoms.